The van der Waals surface area contributed by atoms with Crippen LogP contribution >= 0.6 is 0 Å². The summed E-state index contributed by atoms with van der Waals surface area (Å²) in [6.45, 7) is 0. The fraction of sp³-hybridized carbons (Fsp3) is 0. The molecule has 50 heavy (non-hydrogen) atoms. The smallest absolute Gasteiger partial charge is 0.164 e. The quantitative estimate of drug-likeness (QED) is 0.187. The van der Waals surface area contributed by atoms with Gasteiger partial charge in [-0.05, 0) is 58.7 Å². The first-order valence-electron chi connectivity index (χ1n) is 16.6. The zero-order valence-electron chi connectivity index (χ0n) is 26.7. The molecule has 10 aromatic rings. The van der Waals surface area contributed by atoms with Crippen LogP contribution in [0.1, 0.15) is 0 Å². The highest BCUT2D eigenvalue weighted by Crippen LogP contribution is 2.40. The second-order valence-electron chi connectivity index (χ2n) is 12.4. The highest BCUT2D eigenvalue weighted by atomic mass is 16.3. The molecule has 0 spiro atoms. The third kappa shape index (κ3) is 4.67. The predicted molar refractivity (Wildman–Crippen MR) is 202 cm³/mol. The van der Waals surface area contributed by atoms with Crippen molar-refractivity contribution in [2.45, 2.75) is 0 Å². The summed E-state index contributed by atoms with van der Waals surface area (Å²) in [5.74, 6) is 1.74. The summed E-state index contributed by atoms with van der Waals surface area (Å²) in [6.07, 6.45) is 0. The second-order valence-corrected chi connectivity index (χ2v) is 12.4. The van der Waals surface area contributed by atoms with Gasteiger partial charge in [0.2, 0.25) is 0 Å². The zero-order chi connectivity index (χ0) is 33.0. The van der Waals surface area contributed by atoms with Crippen molar-refractivity contribution in [1.29, 1.82) is 0 Å². The van der Waals surface area contributed by atoms with Crippen LogP contribution < -0.4 is 0 Å². The molecule has 0 aliphatic rings. The number of aromatic nitrogens is 3. The molecule has 0 radical (unpaired) electrons. The molecule has 0 amide bonds. The van der Waals surface area contributed by atoms with E-state index in [0.717, 1.165) is 82.8 Å². The molecule has 0 aliphatic carbocycles. The van der Waals surface area contributed by atoms with Crippen LogP contribution in [0.4, 0.5) is 0 Å². The third-order valence-electron chi connectivity index (χ3n) is 9.36. The van der Waals surface area contributed by atoms with Crippen molar-refractivity contribution in [3.8, 4) is 56.4 Å². The molecule has 0 bridgehead atoms. The summed E-state index contributed by atoms with van der Waals surface area (Å²) in [5.41, 5.74) is 10.3. The van der Waals surface area contributed by atoms with Crippen molar-refractivity contribution in [2.75, 3.05) is 0 Å². The van der Waals surface area contributed by atoms with Crippen LogP contribution in [0, 0.1) is 0 Å². The lowest BCUT2D eigenvalue weighted by molar-refractivity contribution is 0.669. The highest BCUT2D eigenvalue weighted by Gasteiger charge is 2.21. The van der Waals surface area contributed by atoms with Crippen LogP contribution in [-0.4, -0.2) is 15.0 Å². The maximum absolute atomic E-state index is 6.46. The number of hydrogen-bond acceptors (Lipinski definition) is 5. The number of nitrogens with zero attached hydrogens (tertiary/aromatic N) is 3. The van der Waals surface area contributed by atoms with E-state index in [0.29, 0.717) is 17.5 Å². The van der Waals surface area contributed by atoms with Gasteiger partial charge in [-0.1, -0.05) is 127 Å². The van der Waals surface area contributed by atoms with Crippen LogP contribution in [-0.2, 0) is 0 Å². The first kappa shape index (κ1) is 28.2. The Labute approximate surface area is 287 Å². The summed E-state index contributed by atoms with van der Waals surface area (Å²) in [5, 5.41) is 3.96. The summed E-state index contributed by atoms with van der Waals surface area (Å²) < 4.78 is 12.9. The highest BCUT2D eigenvalue weighted by molar-refractivity contribution is 6.14. The minimum atomic E-state index is 0.574. The van der Waals surface area contributed by atoms with Crippen molar-refractivity contribution in [3.63, 3.8) is 0 Å². The van der Waals surface area contributed by atoms with Crippen molar-refractivity contribution in [3.05, 3.63) is 164 Å². The summed E-state index contributed by atoms with van der Waals surface area (Å²) in [6, 6.07) is 55.7. The van der Waals surface area contributed by atoms with Gasteiger partial charge in [0.05, 0.1) is 0 Å². The topological polar surface area (TPSA) is 65.0 Å². The van der Waals surface area contributed by atoms with Gasteiger partial charge in [0, 0.05) is 38.2 Å². The Bertz CT molecular complexity index is 2680. The molecule has 0 atom stereocenters. The summed E-state index contributed by atoms with van der Waals surface area (Å²) >= 11 is 0. The summed E-state index contributed by atoms with van der Waals surface area (Å²) in [7, 11) is 0. The molecule has 3 heterocycles. The molecule has 0 unspecified atom stereocenters. The van der Waals surface area contributed by atoms with E-state index >= 15 is 0 Å². The molecule has 234 valence electrons. The van der Waals surface area contributed by atoms with Crippen molar-refractivity contribution >= 4 is 43.9 Å². The van der Waals surface area contributed by atoms with Gasteiger partial charge >= 0.3 is 0 Å². The van der Waals surface area contributed by atoms with E-state index in [1.54, 1.807) is 0 Å². The van der Waals surface area contributed by atoms with Crippen LogP contribution in [0.5, 0.6) is 0 Å². The Kier molecular flexibility index (Phi) is 6.42. The van der Waals surface area contributed by atoms with E-state index in [2.05, 4.69) is 72.8 Å². The molecular formula is C45H27N3O2. The fourth-order valence-electron chi connectivity index (χ4n) is 6.98. The monoisotopic (exact) mass is 641 g/mol. The average molecular weight is 642 g/mol. The molecule has 0 aliphatic heterocycles. The van der Waals surface area contributed by atoms with Crippen LogP contribution in [0.2, 0.25) is 0 Å². The lowest BCUT2D eigenvalue weighted by Crippen LogP contribution is -2.00. The second kappa shape index (κ2) is 11.4. The number of hydrogen-bond donors (Lipinski definition) is 0. The Morgan fingerprint density at radius 2 is 0.720 bits per heavy atom. The van der Waals surface area contributed by atoms with Gasteiger partial charge in [0.1, 0.15) is 22.3 Å². The van der Waals surface area contributed by atoms with Gasteiger partial charge in [-0.25, -0.2) is 15.0 Å². The standard InChI is InChI=1S/C45H27N3O2/c1-4-12-28(13-5-1)31-22-24-33-39(26-31)49-37-20-10-18-35(41(33)37)44-46-43(30-16-8-3-9-17-30)47-45(48-44)36-19-11-21-38-42(36)34-25-23-32(27-40(34)50-38)29-14-6-2-7-15-29/h1-27H. The first-order valence-corrected chi connectivity index (χ1v) is 16.6. The molecule has 0 fully saturated rings. The van der Waals surface area contributed by atoms with Gasteiger partial charge in [-0.2, -0.15) is 0 Å². The molecule has 10 rings (SSSR count). The maximum atomic E-state index is 6.46. The molecule has 3 aromatic heterocycles. The number of fused-ring (bicyclic) bond motifs is 6. The molecule has 7 aromatic carbocycles. The lowest BCUT2D eigenvalue weighted by Gasteiger charge is -2.10. The van der Waals surface area contributed by atoms with Gasteiger partial charge in [-0.3, -0.25) is 0 Å². The van der Waals surface area contributed by atoms with Crippen molar-refractivity contribution in [1.82, 2.24) is 15.0 Å². The zero-order valence-corrected chi connectivity index (χ0v) is 26.7. The third-order valence-corrected chi connectivity index (χ3v) is 9.36. The minimum Gasteiger partial charge on any atom is -0.456 e. The Morgan fingerprint density at radius 1 is 0.300 bits per heavy atom. The maximum Gasteiger partial charge on any atom is 0.164 e. The molecule has 0 saturated heterocycles. The molecule has 5 heteroatoms. The lowest BCUT2D eigenvalue weighted by atomic mass is 10.0. The fourth-order valence-corrected chi connectivity index (χ4v) is 6.98. The van der Waals surface area contributed by atoms with Crippen molar-refractivity contribution in [2.24, 2.45) is 0 Å². The van der Waals surface area contributed by atoms with E-state index in [1.807, 2.05) is 91.0 Å². The normalized spacial score (nSPS) is 11.6. The molecule has 0 N–H and O–H groups in total. The van der Waals surface area contributed by atoms with E-state index in [9.17, 15) is 0 Å². The van der Waals surface area contributed by atoms with E-state index in [-0.39, 0.29) is 0 Å². The predicted octanol–water partition coefficient (Wildman–Crippen LogP) is 12.0. The average Bonchev–Trinajstić information content (AvgIpc) is 3.76. The van der Waals surface area contributed by atoms with Crippen LogP contribution in [0.25, 0.3) is 100 Å². The Balaban J connectivity index is 1.18. The Morgan fingerprint density at radius 3 is 1.18 bits per heavy atom. The SMILES string of the molecule is c1ccc(-c2ccc3c(c2)oc2cccc(-c4nc(-c5ccccc5)nc(-c5cccc6oc7cc(-c8ccccc8)ccc7c56)n4)c23)cc1. The van der Waals surface area contributed by atoms with Crippen LogP contribution in [0.15, 0.2) is 173 Å². The minimum absolute atomic E-state index is 0.574. The molecule has 0 saturated carbocycles. The number of rotatable bonds is 5. The molecule has 5 nitrogen and oxygen atoms in total. The van der Waals surface area contributed by atoms with Gasteiger partial charge < -0.3 is 8.83 Å². The largest absolute Gasteiger partial charge is 0.456 e. The number of benzene rings is 7. The number of furan rings is 2. The van der Waals surface area contributed by atoms with Gasteiger partial charge in [0.15, 0.2) is 17.5 Å². The van der Waals surface area contributed by atoms with Gasteiger partial charge in [0.25, 0.3) is 0 Å². The molecular weight excluding hydrogens is 615 g/mol. The van der Waals surface area contributed by atoms with Crippen molar-refractivity contribution < 1.29 is 8.83 Å². The summed E-state index contributed by atoms with van der Waals surface area (Å²) in [4.78, 5) is 15.4. The first-order chi connectivity index (χ1) is 24.8. The Hall–Kier alpha value is -6.85. The van der Waals surface area contributed by atoms with E-state index < -0.39 is 0 Å². The van der Waals surface area contributed by atoms with E-state index in [1.165, 1.54) is 0 Å². The van der Waals surface area contributed by atoms with E-state index in [4.69, 9.17) is 23.8 Å². The van der Waals surface area contributed by atoms with Gasteiger partial charge in [-0.15, -0.1) is 0 Å². The van der Waals surface area contributed by atoms with Crippen LogP contribution in [0.3, 0.4) is 0 Å².